The van der Waals surface area contributed by atoms with E-state index in [-0.39, 0.29) is 19.5 Å². The lowest BCUT2D eigenvalue weighted by Crippen LogP contribution is -2.52. The lowest BCUT2D eigenvalue weighted by Gasteiger charge is -2.27. The van der Waals surface area contributed by atoms with Gasteiger partial charge in [0.15, 0.2) is 0 Å². The van der Waals surface area contributed by atoms with Gasteiger partial charge in [0.25, 0.3) is 0 Å². The molecule has 0 aromatic heterocycles. The number of carboxylic acids is 1. The van der Waals surface area contributed by atoms with Gasteiger partial charge < -0.3 is 50.7 Å². The van der Waals surface area contributed by atoms with Crippen molar-refractivity contribution in [1.82, 2.24) is 16.8 Å². The van der Waals surface area contributed by atoms with Crippen LogP contribution in [-0.2, 0) is 38.1 Å². The van der Waals surface area contributed by atoms with Crippen molar-refractivity contribution in [2.24, 2.45) is 17.8 Å². The minimum absolute atomic E-state index is 0. The van der Waals surface area contributed by atoms with Crippen molar-refractivity contribution >= 4 is 41.7 Å². The molecular formula is C48H100ClN3O12. The number of alkyl carbamates (subject to hydrolysis) is 2. The summed E-state index contributed by atoms with van der Waals surface area (Å²) < 4.78 is 25.3. The molecule has 7 N–H and O–H groups in total. The lowest BCUT2D eigenvalue weighted by molar-refractivity contribution is -0.150. The summed E-state index contributed by atoms with van der Waals surface area (Å²) in [4.78, 5) is 56.0. The highest BCUT2D eigenvalue weighted by Gasteiger charge is 2.33. The van der Waals surface area contributed by atoms with Crippen molar-refractivity contribution in [1.29, 1.82) is 0 Å². The molecule has 1 saturated heterocycles. The summed E-state index contributed by atoms with van der Waals surface area (Å²) in [5.41, 5.74) is -3.64. The van der Waals surface area contributed by atoms with E-state index in [2.05, 4.69) is 52.2 Å². The molecule has 1 heterocycles. The monoisotopic (exact) mass is 946 g/mol. The van der Waals surface area contributed by atoms with Crippen molar-refractivity contribution in [2.45, 2.75) is 230 Å². The van der Waals surface area contributed by atoms with Crippen LogP contribution in [0.3, 0.4) is 0 Å². The van der Waals surface area contributed by atoms with Crippen LogP contribution in [0.1, 0.15) is 203 Å². The fourth-order valence-electron chi connectivity index (χ4n) is 4.99. The fourth-order valence-corrected chi connectivity index (χ4v) is 5.05. The zero-order valence-electron chi connectivity index (χ0n) is 43.1. The van der Waals surface area contributed by atoms with Gasteiger partial charge in [0.05, 0.1) is 13.2 Å². The SMILES string of the molecule is C.C1CCOC1.CC(C)(C)OC(=O)NC(C)(C)C(=O)O.CCC(CC)CCO.CCC(CC)CCOC(=O)C(C)(C)Cl.CCC(CC)CCOC(=O)C(C)(C)NC(=O)OC(C)(C)C.N. The van der Waals surface area contributed by atoms with Crippen LogP contribution in [0.5, 0.6) is 0 Å². The number of halogens is 1. The maximum Gasteiger partial charge on any atom is 0.408 e. The van der Waals surface area contributed by atoms with E-state index in [0.29, 0.717) is 31.7 Å². The summed E-state index contributed by atoms with van der Waals surface area (Å²) in [6.07, 6.45) is 10.8. The summed E-state index contributed by atoms with van der Waals surface area (Å²) in [5.74, 6) is 0.0914. The number of hydrogen-bond donors (Lipinski definition) is 5. The van der Waals surface area contributed by atoms with Crippen LogP contribution in [0.2, 0.25) is 0 Å². The number of hydrogen-bond acceptors (Lipinski definition) is 12. The first-order valence-corrected chi connectivity index (χ1v) is 23.2. The van der Waals surface area contributed by atoms with E-state index in [4.69, 9.17) is 45.5 Å². The number of aliphatic hydroxyl groups excluding tert-OH is 1. The molecule has 1 aliphatic heterocycles. The maximum atomic E-state index is 12.0. The Morgan fingerprint density at radius 3 is 1.12 bits per heavy atom. The number of carbonyl (C=O) groups is 5. The predicted molar refractivity (Wildman–Crippen MR) is 261 cm³/mol. The van der Waals surface area contributed by atoms with E-state index < -0.39 is 51.3 Å². The topological polar surface area (TPSA) is 231 Å². The molecule has 0 aromatic carbocycles. The molecular weight excluding hydrogens is 846 g/mol. The van der Waals surface area contributed by atoms with Crippen LogP contribution in [0.25, 0.3) is 0 Å². The molecule has 1 fully saturated rings. The number of aliphatic carboxylic acids is 1. The van der Waals surface area contributed by atoms with Crippen LogP contribution < -0.4 is 16.8 Å². The van der Waals surface area contributed by atoms with E-state index in [0.717, 1.165) is 64.1 Å². The molecule has 15 nitrogen and oxygen atoms in total. The first-order chi connectivity index (χ1) is 28.3. The van der Waals surface area contributed by atoms with Gasteiger partial charge in [0, 0.05) is 19.8 Å². The van der Waals surface area contributed by atoms with Gasteiger partial charge >= 0.3 is 30.1 Å². The van der Waals surface area contributed by atoms with Crippen molar-refractivity contribution < 1.29 is 57.9 Å². The smallest absolute Gasteiger partial charge is 0.408 e. The molecule has 1 aliphatic rings. The van der Waals surface area contributed by atoms with Gasteiger partial charge in [0.2, 0.25) is 0 Å². The number of rotatable bonds is 19. The first kappa shape index (κ1) is 72.7. The van der Waals surface area contributed by atoms with Crippen LogP contribution in [-0.4, -0.2) is 100 Å². The number of aliphatic hydroxyl groups is 1. The van der Waals surface area contributed by atoms with Crippen LogP contribution in [0, 0.1) is 17.8 Å². The Bertz CT molecular complexity index is 1190. The fraction of sp³-hybridized carbons (Fsp3) is 0.896. The molecule has 386 valence electrons. The van der Waals surface area contributed by atoms with Gasteiger partial charge in [-0.25, -0.2) is 19.2 Å². The number of carbonyl (C=O) groups excluding carboxylic acids is 4. The molecule has 0 aromatic rings. The molecule has 0 radical (unpaired) electrons. The number of amides is 2. The largest absolute Gasteiger partial charge is 0.480 e. The summed E-state index contributed by atoms with van der Waals surface area (Å²) in [7, 11) is 0. The molecule has 0 atom stereocenters. The Morgan fingerprint density at radius 2 is 0.891 bits per heavy atom. The van der Waals surface area contributed by atoms with E-state index in [1.807, 2.05) is 0 Å². The van der Waals surface area contributed by atoms with Crippen LogP contribution >= 0.6 is 11.6 Å². The van der Waals surface area contributed by atoms with Crippen molar-refractivity contribution in [2.75, 3.05) is 33.0 Å². The number of alkyl halides is 1. The van der Waals surface area contributed by atoms with Gasteiger partial charge in [-0.2, -0.15) is 0 Å². The Balaban J connectivity index is -0.000000173. The average molecular weight is 947 g/mol. The molecule has 0 unspecified atom stereocenters. The third kappa shape index (κ3) is 44.3. The third-order valence-corrected chi connectivity index (χ3v) is 9.66. The summed E-state index contributed by atoms with van der Waals surface area (Å²) in [5, 5.41) is 22.0. The predicted octanol–water partition coefficient (Wildman–Crippen LogP) is 11.8. The third-order valence-electron chi connectivity index (χ3n) is 9.50. The zero-order valence-corrected chi connectivity index (χ0v) is 43.9. The Labute approximate surface area is 395 Å². The molecule has 0 saturated carbocycles. The van der Waals surface area contributed by atoms with Crippen LogP contribution in [0.15, 0.2) is 0 Å². The Hall–Kier alpha value is -2.88. The Morgan fingerprint density at radius 1 is 0.578 bits per heavy atom. The van der Waals surface area contributed by atoms with Crippen LogP contribution in [0.4, 0.5) is 9.59 Å². The molecule has 16 heteroatoms. The van der Waals surface area contributed by atoms with Crippen molar-refractivity contribution in [3.05, 3.63) is 0 Å². The highest BCUT2D eigenvalue weighted by molar-refractivity contribution is 6.33. The number of carboxylic acid groups (broad SMARTS) is 1. The molecule has 0 bridgehead atoms. The van der Waals surface area contributed by atoms with Crippen molar-refractivity contribution in [3.8, 4) is 0 Å². The summed E-state index contributed by atoms with van der Waals surface area (Å²) in [6, 6.07) is 0. The van der Waals surface area contributed by atoms with Gasteiger partial charge in [-0.3, -0.25) is 4.79 Å². The molecule has 0 spiro atoms. The summed E-state index contributed by atoms with van der Waals surface area (Å²) >= 11 is 5.79. The van der Waals surface area contributed by atoms with E-state index in [9.17, 15) is 24.0 Å². The van der Waals surface area contributed by atoms with E-state index in [1.54, 1.807) is 69.2 Å². The molecule has 1 rings (SSSR count). The highest BCUT2D eigenvalue weighted by Crippen LogP contribution is 2.18. The normalized spacial score (nSPS) is 12.4. The maximum absolute atomic E-state index is 12.0. The van der Waals surface area contributed by atoms with Gasteiger partial charge in [-0.05, 0) is 133 Å². The second-order valence-electron chi connectivity index (χ2n) is 19.0. The standard InChI is InChI=1S/C16H31NO4.C11H21ClO2.C9H17NO4.C7H16O.C4H8O.CH4.H3N/c1-8-12(9-2)10-11-20-13(18)16(6,7)17-14(19)21-15(3,4)5;1-5-9(6-2)7-8-14-10(13)11(3,4)12;1-8(2,3)14-7(13)10-9(4,5)6(11)12;1-3-7(4-2)5-6-8;1-2-4-5-3-1;;/h12H,8-11H2,1-7H3,(H,17,19);9H,5-8H2,1-4H3;1-5H3,(H,10,13)(H,11,12);7-8H,3-6H2,1-2H3;1-4H2;1H4;1H3. The minimum Gasteiger partial charge on any atom is -0.480 e. The Kier molecular flexibility index (Phi) is 43.5. The highest BCUT2D eigenvalue weighted by atomic mass is 35.5. The number of ether oxygens (including phenoxy) is 5. The lowest BCUT2D eigenvalue weighted by atomic mass is 10.0. The molecule has 0 aliphatic carbocycles. The first-order valence-electron chi connectivity index (χ1n) is 22.8. The van der Waals surface area contributed by atoms with E-state index >= 15 is 0 Å². The molecule has 2 amide bonds. The van der Waals surface area contributed by atoms with Crippen molar-refractivity contribution in [3.63, 3.8) is 0 Å². The van der Waals surface area contributed by atoms with Gasteiger partial charge in [-0.1, -0.05) is 87.5 Å². The number of nitrogens with one attached hydrogen (secondary N) is 2. The quantitative estimate of drug-likeness (QED) is 0.0461. The van der Waals surface area contributed by atoms with E-state index in [1.165, 1.54) is 39.5 Å². The van der Waals surface area contributed by atoms with Gasteiger partial charge in [-0.15, -0.1) is 11.6 Å². The van der Waals surface area contributed by atoms with Gasteiger partial charge in [0.1, 0.15) is 27.2 Å². The minimum atomic E-state index is -1.32. The number of esters is 2. The summed E-state index contributed by atoms with van der Waals surface area (Å²) in [6.45, 7) is 35.9. The zero-order chi connectivity index (χ0) is 49.4. The second kappa shape index (κ2) is 38.2. The molecule has 64 heavy (non-hydrogen) atoms. The average Bonchev–Trinajstić information content (AvgIpc) is 3.73. The second-order valence-corrected chi connectivity index (χ2v) is 20.0.